The average Bonchev–Trinajstić information content (AvgIpc) is 2.84. The number of nitrogens with one attached hydrogen (secondary N) is 3. The number of H-pyrrole nitrogens is 1. The van der Waals surface area contributed by atoms with E-state index in [1.54, 1.807) is 18.2 Å². The zero-order chi connectivity index (χ0) is 22.8. The number of aryl methyl sites for hydroxylation is 1. The summed E-state index contributed by atoms with van der Waals surface area (Å²) in [6.07, 6.45) is 3.82. The molecule has 3 aromatic heterocycles. The van der Waals surface area contributed by atoms with Gasteiger partial charge in [0, 0.05) is 46.4 Å². The summed E-state index contributed by atoms with van der Waals surface area (Å²) < 4.78 is 2.01. The van der Waals surface area contributed by atoms with E-state index >= 15 is 0 Å². The van der Waals surface area contributed by atoms with Gasteiger partial charge in [-0.25, -0.2) is 14.5 Å². The Bertz CT molecular complexity index is 1530. The van der Waals surface area contributed by atoms with Crippen molar-refractivity contribution < 1.29 is 19.1 Å². The molecule has 7 heteroatoms. The van der Waals surface area contributed by atoms with Gasteiger partial charge in [0.05, 0.1) is 0 Å². The Kier molecular flexibility index (Phi) is 5.20. The molecule has 0 aliphatic heterocycles. The number of benzene rings is 2. The number of carbonyl (C=O) groups excluding carboxylic acids is 2. The van der Waals surface area contributed by atoms with Crippen LogP contribution in [0.15, 0.2) is 91.3 Å². The first-order valence-electron chi connectivity index (χ1n) is 10.5. The van der Waals surface area contributed by atoms with Crippen molar-refractivity contribution in [3.05, 3.63) is 103 Å². The maximum Gasteiger partial charge on any atom is 0.274 e. The number of nitrogens with zero attached hydrogens (tertiary/aromatic N) is 2. The van der Waals surface area contributed by atoms with Crippen LogP contribution in [0.2, 0.25) is 0 Å². The Morgan fingerprint density at radius 3 is 2.21 bits per heavy atom. The number of pyridine rings is 3. The van der Waals surface area contributed by atoms with Gasteiger partial charge in [0.1, 0.15) is 18.4 Å². The second kappa shape index (κ2) is 8.47. The molecule has 0 spiro atoms. The molecule has 7 nitrogen and oxygen atoms in total. The third kappa shape index (κ3) is 4.24. The first kappa shape index (κ1) is 20.3. The van der Waals surface area contributed by atoms with Gasteiger partial charge < -0.3 is 10.6 Å². The molecule has 0 atom stereocenters. The summed E-state index contributed by atoms with van der Waals surface area (Å²) in [7, 11) is 1.97. The lowest BCUT2D eigenvalue weighted by atomic mass is 10.2. The van der Waals surface area contributed by atoms with Crippen molar-refractivity contribution in [1.29, 1.82) is 0 Å². The minimum Gasteiger partial charge on any atom is -0.321 e. The lowest BCUT2D eigenvalue weighted by Crippen LogP contribution is -2.27. The zero-order valence-electron chi connectivity index (χ0n) is 17.9. The third-order valence-corrected chi connectivity index (χ3v) is 5.39. The maximum absolute atomic E-state index is 12.8. The lowest BCUT2D eigenvalue weighted by Gasteiger charge is -2.08. The lowest BCUT2D eigenvalue weighted by molar-refractivity contribution is -0.644. The molecule has 33 heavy (non-hydrogen) atoms. The number of fused-ring (bicyclic) bond motifs is 2. The Balaban J connectivity index is 1.33. The van der Waals surface area contributed by atoms with Crippen molar-refractivity contribution in [1.82, 2.24) is 4.98 Å². The van der Waals surface area contributed by atoms with Crippen LogP contribution in [0.3, 0.4) is 0 Å². The Hall–Kier alpha value is -4.65. The molecule has 2 amide bonds. The van der Waals surface area contributed by atoms with Gasteiger partial charge in [-0.15, -0.1) is 0 Å². The van der Waals surface area contributed by atoms with Gasteiger partial charge in [0.25, 0.3) is 11.8 Å². The summed E-state index contributed by atoms with van der Waals surface area (Å²) in [5.41, 5.74) is 3.65. The highest BCUT2D eigenvalue weighted by Crippen LogP contribution is 2.18. The van der Waals surface area contributed by atoms with Crippen LogP contribution in [0, 0.1) is 0 Å². The van der Waals surface area contributed by atoms with Gasteiger partial charge in [-0.1, -0.05) is 6.07 Å². The first-order chi connectivity index (χ1) is 16.1. The zero-order valence-corrected chi connectivity index (χ0v) is 17.9. The summed E-state index contributed by atoms with van der Waals surface area (Å²) in [5, 5.41) is 7.68. The van der Waals surface area contributed by atoms with E-state index in [2.05, 4.69) is 20.6 Å². The van der Waals surface area contributed by atoms with E-state index in [1.165, 1.54) is 0 Å². The molecule has 0 saturated heterocycles. The number of anilines is 2. The summed E-state index contributed by atoms with van der Waals surface area (Å²) >= 11 is 0. The van der Waals surface area contributed by atoms with Gasteiger partial charge in [0.2, 0.25) is 11.0 Å². The second-order valence-electron chi connectivity index (χ2n) is 7.68. The van der Waals surface area contributed by atoms with Crippen LogP contribution in [-0.2, 0) is 7.05 Å². The normalized spacial score (nSPS) is 10.8. The number of aromatic amines is 1. The highest BCUT2D eigenvalue weighted by atomic mass is 16.2. The smallest absolute Gasteiger partial charge is 0.274 e. The molecule has 0 saturated carbocycles. The molecule has 3 N–H and O–H groups in total. The number of amides is 2. The largest absolute Gasteiger partial charge is 0.321 e. The summed E-state index contributed by atoms with van der Waals surface area (Å²) in [5.74, 6) is -0.771. The van der Waals surface area contributed by atoms with E-state index in [4.69, 9.17) is 0 Å². The van der Waals surface area contributed by atoms with Crippen molar-refractivity contribution in [2.75, 3.05) is 10.6 Å². The topological polar surface area (TPSA) is 89.1 Å². The van der Waals surface area contributed by atoms with Crippen molar-refractivity contribution in [3.63, 3.8) is 0 Å². The number of carbonyl (C=O) groups is 2. The molecular formula is C26H21N5O2+2. The van der Waals surface area contributed by atoms with E-state index in [0.29, 0.717) is 11.4 Å². The molecule has 160 valence electrons. The molecule has 0 aliphatic carbocycles. The van der Waals surface area contributed by atoms with Crippen molar-refractivity contribution in [2.24, 2.45) is 7.05 Å². The van der Waals surface area contributed by atoms with Gasteiger partial charge >= 0.3 is 0 Å². The van der Waals surface area contributed by atoms with Gasteiger partial charge in [-0.2, -0.15) is 0 Å². The highest BCUT2D eigenvalue weighted by molar-refractivity contribution is 6.07. The number of aromatic nitrogens is 3. The van der Waals surface area contributed by atoms with Crippen molar-refractivity contribution in [3.8, 4) is 0 Å². The van der Waals surface area contributed by atoms with Gasteiger partial charge in [0.15, 0.2) is 12.4 Å². The fourth-order valence-electron chi connectivity index (χ4n) is 3.72. The quantitative estimate of drug-likeness (QED) is 0.423. The van der Waals surface area contributed by atoms with Crippen LogP contribution in [0.25, 0.3) is 21.8 Å². The monoisotopic (exact) mass is 435 g/mol. The molecule has 0 fully saturated rings. The highest BCUT2D eigenvalue weighted by Gasteiger charge is 2.14. The average molecular weight is 435 g/mol. The predicted molar refractivity (Wildman–Crippen MR) is 126 cm³/mol. The fraction of sp³-hybridized carbons (Fsp3) is 0.0385. The van der Waals surface area contributed by atoms with Crippen LogP contribution < -0.4 is 20.2 Å². The molecule has 0 radical (unpaired) electrons. The Labute approximate surface area is 189 Å². The Morgan fingerprint density at radius 1 is 0.788 bits per heavy atom. The van der Waals surface area contributed by atoms with Crippen LogP contribution in [0.4, 0.5) is 11.4 Å². The summed E-state index contributed by atoms with van der Waals surface area (Å²) in [4.78, 5) is 32.9. The van der Waals surface area contributed by atoms with Crippen LogP contribution in [0.1, 0.15) is 21.0 Å². The maximum atomic E-state index is 12.8. The molecule has 2 aromatic carbocycles. The number of hydrogen-bond acceptors (Lipinski definition) is 3. The van der Waals surface area contributed by atoms with Crippen molar-refractivity contribution in [2.45, 2.75) is 0 Å². The predicted octanol–water partition coefficient (Wildman–Crippen LogP) is 3.53. The fourth-order valence-corrected chi connectivity index (χ4v) is 3.72. The molecule has 5 aromatic rings. The van der Waals surface area contributed by atoms with Gasteiger partial charge in [-0.05, 0) is 48.5 Å². The Morgan fingerprint density at radius 2 is 1.45 bits per heavy atom. The molecule has 5 rings (SSSR count). The molecule has 0 aliphatic rings. The van der Waals surface area contributed by atoms with E-state index < -0.39 is 0 Å². The van der Waals surface area contributed by atoms with E-state index in [1.807, 2.05) is 84.7 Å². The van der Waals surface area contributed by atoms with Crippen LogP contribution >= 0.6 is 0 Å². The molecular weight excluding hydrogens is 414 g/mol. The summed E-state index contributed by atoms with van der Waals surface area (Å²) in [6.45, 7) is 0. The first-order valence-corrected chi connectivity index (χ1v) is 10.5. The molecule has 3 heterocycles. The molecule has 0 bridgehead atoms. The second-order valence-corrected chi connectivity index (χ2v) is 7.68. The van der Waals surface area contributed by atoms with E-state index in [0.717, 1.165) is 21.8 Å². The number of hydrogen-bond donors (Lipinski definition) is 2. The third-order valence-electron chi connectivity index (χ3n) is 5.39. The van der Waals surface area contributed by atoms with E-state index in [-0.39, 0.29) is 23.2 Å². The molecule has 0 unspecified atom stereocenters. The van der Waals surface area contributed by atoms with Crippen LogP contribution in [-0.4, -0.2) is 16.8 Å². The number of rotatable bonds is 4. The summed E-state index contributed by atoms with van der Waals surface area (Å²) in [6, 6.07) is 23.9. The van der Waals surface area contributed by atoms with Gasteiger partial charge in [-0.3, -0.25) is 9.59 Å². The SMILES string of the molecule is C[n+]1cccc2cc(NC(=O)c3cccc(C(=O)Nc4ccc5[nH+]cccc5c4)n3)ccc21. The van der Waals surface area contributed by atoms with E-state index in [9.17, 15) is 9.59 Å². The minimum absolute atomic E-state index is 0.160. The van der Waals surface area contributed by atoms with Crippen molar-refractivity contribution >= 4 is 45.0 Å². The standard InChI is InChI=1S/C26H19N5O2/c1-31-14-4-6-18-16-20(10-12-24(18)31)29-26(33)23-8-2-7-22(30-23)25(32)28-19-9-11-21-17(15-19)5-3-13-27-21/h2-16H,1H3,(H-,28,29,32,33)/p+2. The minimum atomic E-state index is -0.387. The van der Waals surface area contributed by atoms with Crippen LogP contribution in [0.5, 0.6) is 0 Å².